The summed E-state index contributed by atoms with van der Waals surface area (Å²) in [6.07, 6.45) is 1.53. The highest BCUT2D eigenvalue weighted by molar-refractivity contribution is 7.92. The number of carbonyl (C=O) groups is 1. The van der Waals surface area contributed by atoms with Gasteiger partial charge in [-0.25, -0.2) is 8.42 Å². The zero-order chi connectivity index (χ0) is 20.3. The highest BCUT2D eigenvalue weighted by Gasteiger charge is 2.23. The highest BCUT2D eigenvalue weighted by atomic mass is 32.2. The minimum absolute atomic E-state index is 0.0499. The van der Waals surface area contributed by atoms with Gasteiger partial charge in [-0.1, -0.05) is 23.8 Å². The third-order valence-electron chi connectivity index (χ3n) is 4.47. The number of hydrogen-bond donors (Lipinski definition) is 1. The fraction of sp³-hybridized carbons (Fsp3) is 0.190. The number of nitrogens with zero attached hydrogens (tertiary/aromatic N) is 1. The van der Waals surface area contributed by atoms with Gasteiger partial charge in [-0.3, -0.25) is 9.10 Å². The zero-order valence-electron chi connectivity index (χ0n) is 15.9. The van der Waals surface area contributed by atoms with E-state index >= 15 is 0 Å². The number of aryl methyl sites for hydroxylation is 1. The van der Waals surface area contributed by atoms with Crippen LogP contribution in [0.4, 0.5) is 5.69 Å². The molecule has 0 radical (unpaired) electrons. The molecule has 3 aromatic rings. The van der Waals surface area contributed by atoms with Gasteiger partial charge in [0.15, 0.2) is 0 Å². The third-order valence-corrected chi connectivity index (χ3v) is 6.25. The molecule has 0 aliphatic rings. The van der Waals surface area contributed by atoms with Gasteiger partial charge in [-0.2, -0.15) is 0 Å². The molecule has 0 aliphatic heterocycles. The summed E-state index contributed by atoms with van der Waals surface area (Å²) in [7, 11) is -2.31. The zero-order valence-corrected chi connectivity index (χ0v) is 16.7. The van der Waals surface area contributed by atoms with E-state index in [-0.39, 0.29) is 22.4 Å². The largest absolute Gasteiger partial charge is 0.467 e. The van der Waals surface area contributed by atoms with Crippen LogP contribution in [-0.4, -0.2) is 21.4 Å². The van der Waals surface area contributed by atoms with Crippen LogP contribution in [0, 0.1) is 6.92 Å². The van der Waals surface area contributed by atoms with Crippen LogP contribution in [0.15, 0.2) is 76.2 Å². The summed E-state index contributed by atoms with van der Waals surface area (Å²) in [6.45, 7) is 3.73. The van der Waals surface area contributed by atoms with Crippen molar-refractivity contribution in [1.82, 2.24) is 5.32 Å². The van der Waals surface area contributed by atoms with E-state index in [0.717, 1.165) is 5.56 Å². The van der Waals surface area contributed by atoms with Crippen LogP contribution in [0.2, 0.25) is 0 Å². The lowest BCUT2D eigenvalue weighted by molar-refractivity contribution is 0.0935. The average molecular weight is 398 g/mol. The second kappa shape index (κ2) is 7.90. The number of nitrogens with one attached hydrogen (secondary N) is 1. The second-order valence-electron chi connectivity index (χ2n) is 6.55. The first-order valence-electron chi connectivity index (χ1n) is 8.79. The molecule has 1 amide bonds. The standard InChI is InChI=1S/C21H22N2O4S/c1-15-9-11-18(12-10-15)23(3)28(25,26)19-7-4-6-17(14-19)21(24)22-16(2)20-8-5-13-27-20/h4-14,16H,1-3H3,(H,22,24)/t16-/m0/s1. The van der Waals surface area contributed by atoms with Crippen molar-refractivity contribution in [1.29, 1.82) is 0 Å². The van der Waals surface area contributed by atoms with E-state index in [2.05, 4.69) is 5.32 Å². The Morgan fingerprint density at radius 2 is 1.79 bits per heavy atom. The Bertz CT molecular complexity index is 1060. The van der Waals surface area contributed by atoms with Gasteiger partial charge >= 0.3 is 0 Å². The first-order chi connectivity index (χ1) is 13.3. The minimum atomic E-state index is -3.80. The quantitative estimate of drug-likeness (QED) is 0.683. The number of carbonyl (C=O) groups excluding carboxylic acids is 1. The van der Waals surface area contributed by atoms with E-state index in [1.807, 2.05) is 19.1 Å². The molecule has 146 valence electrons. The van der Waals surface area contributed by atoms with E-state index in [9.17, 15) is 13.2 Å². The van der Waals surface area contributed by atoms with Gasteiger partial charge in [0.2, 0.25) is 0 Å². The molecule has 3 rings (SSSR count). The maximum atomic E-state index is 13.0. The van der Waals surface area contributed by atoms with Crippen molar-refractivity contribution in [3.05, 3.63) is 83.8 Å². The lowest BCUT2D eigenvalue weighted by Gasteiger charge is -2.20. The second-order valence-corrected chi connectivity index (χ2v) is 8.52. The Morgan fingerprint density at radius 3 is 2.43 bits per heavy atom. The molecule has 7 heteroatoms. The molecule has 0 aliphatic carbocycles. The highest BCUT2D eigenvalue weighted by Crippen LogP contribution is 2.23. The lowest BCUT2D eigenvalue weighted by atomic mass is 10.2. The van der Waals surface area contributed by atoms with E-state index < -0.39 is 10.0 Å². The monoisotopic (exact) mass is 398 g/mol. The van der Waals surface area contributed by atoms with Crippen LogP contribution < -0.4 is 9.62 Å². The Hall–Kier alpha value is -3.06. The van der Waals surface area contributed by atoms with Gasteiger partial charge in [-0.15, -0.1) is 0 Å². The fourth-order valence-corrected chi connectivity index (χ4v) is 3.98. The molecule has 1 atom stereocenters. The van der Waals surface area contributed by atoms with E-state index in [0.29, 0.717) is 11.4 Å². The van der Waals surface area contributed by atoms with Gasteiger partial charge < -0.3 is 9.73 Å². The molecule has 1 heterocycles. The molecule has 0 bridgehead atoms. The van der Waals surface area contributed by atoms with Crippen molar-refractivity contribution in [3.8, 4) is 0 Å². The number of rotatable bonds is 6. The topological polar surface area (TPSA) is 79.6 Å². The van der Waals surface area contributed by atoms with Gasteiger partial charge in [0.05, 0.1) is 22.9 Å². The number of hydrogen-bond acceptors (Lipinski definition) is 4. The summed E-state index contributed by atoms with van der Waals surface area (Å²) >= 11 is 0. The molecule has 2 aromatic carbocycles. The fourth-order valence-electron chi connectivity index (χ4n) is 2.74. The molecule has 1 N–H and O–H groups in total. The molecule has 0 fully saturated rings. The van der Waals surface area contributed by atoms with Crippen LogP contribution in [-0.2, 0) is 10.0 Å². The molecule has 1 aromatic heterocycles. The molecule has 0 spiro atoms. The maximum absolute atomic E-state index is 13.0. The van der Waals surface area contributed by atoms with Gasteiger partial charge in [0.1, 0.15) is 5.76 Å². The van der Waals surface area contributed by atoms with Crippen LogP contribution in [0.5, 0.6) is 0 Å². The average Bonchev–Trinajstić information content (AvgIpc) is 3.23. The van der Waals surface area contributed by atoms with E-state index in [1.165, 1.54) is 29.7 Å². The summed E-state index contributed by atoms with van der Waals surface area (Å²) in [6, 6.07) is 16.4. The molecule has 0 saturated carbocycles. The SMILES string of the molecule is Cc1ccc(N(C)S(=O)(=O)c2cccc(C(=O)N[C@@H](C)c3ccco3)c2)cc1. The summed E-state index contributed by atoms with van der Waals surface area (Å²) in [4.78, 5) is 12.6. The lowest BCUT2D eigenvalue weighted by Crippen LogP contribution is -2.28. The first kappa shape index (κ1) is 19.7. The van der Waals surface area contributed by atoms with Crippen molar-refractivity contribution >= 4 is 21.6 Å². The Morgan fingerprint density at radius 1 is 1.07 bits per heavy atom. The van der Waals surface area contributed by atoms with E-state index in [1.54, 1.807) is 43.3 Å². The summed E-state index contributed by atoms with van der Waals surface area (Å²) < 4.78 is 32.4. The van der Waals surface area contributed by atoms with Crippen LogP contribution in [0.3, 0.4) is 0 Å². The smallest absolute Gasteiger partial charge is 0.264 e. The first-order valence-corrected chi connectivity index (χ1v) is 10.2. The van der Waals surface area contributed by atoms with E-state index in [4.69, 9.17) is 4.42 Å². The summed E-state index contributed by atoms with van der Waals surface area (Å²) in [5, 5.41) is 2.80. The normalized spacial score (nSPS) is 12.4. The van der Waals surface area contributed by atoms with Crippen molar-refractivity contribution < 1.29 is 17.6 Å². The number of anilines is 1. The number of furan rings is 1. The van der Waals surface area contributed by atoms with Crippen molar-refractivity contribution in [3.63, 3.8) is 0 Å². The molecular formula is C21H22N2O4S. The van der Waals surface area contributed by atoms with Crippen molar-refractivity contribution in [2.24, 2.45) is 0 Å². The molecular weight excluding hydrogens is 376 g/mol. The Kier molecular flexibility index (Phi) is 5.56. The van der Waals surface area contributed by atoms with Crippen molar-refractivity contribution in [2.75, 3.05) is 11.4 Å². The Labute approximate surface area is 164 Å². The predicted octanol–water partition coefficient (Wildman–Crippen LogP) is 3.90. The van der Waals surface area contributed by atoms with Gasteiger partial charge in [0.25, 0.3) is 15.9 Å². The van der Waals surface area contributed by atoms with Crippen LogP contribution >= 0.6 is 0 Å². The number of benzene rings is 2. The van der Waals surface area contributed by atoms with Crippen LogP contribution in [0.1, 0.15) is 34.6 Å². The number of sulfonamides is 1. The van der Waals surface area contributed by atoms with Crippen LogP contribution in [0.25, 0.3) is 0 Å². The van der Waals surface area contributed by atoms with Gasteiger partial charge in [0, 0.05) is 12.6 Å². The van der Waals surface area contributed by atoms with Crippen molar-refractivity contribution in [2.45, 2.75) is 24.8 Å². The van der Waals surface area contributed by atoms with Gasteiger partial charge in [-0.05, 0) is 56.3 Å². The minimum Gasteiger partial charge on any atom is -0.467 e. The maximum Gasteiger partial charge on any atom is 0.264 e. The molecule has 6 nitrogen and oxygen atoms in total. The summed E-state index contributed by atoms with van der Waals surface area (Å²) in [5.41, 5.74) is 1.85. The summed E-state index contributed by atoms with van der Waals surface area (Å²) in [5.74, 6) is 0.246. The number of amides is 1. The molecule has 0 unspecified atom stereocenters. The third kappa shape index (κ3) is 4.09. The molecule has 28 heavy (non-hydrogen) atoms. The predicted molar refractivity (Wildman–Crippen MR) is 108 cm³/mol. The molecule has 0 saturated heterocycles. The Balaban J connectivity index is 1.83.